The van der Waals surface area contributed by atoms with Gasteiger partial charge in [0.2, 0.25) is 17.7 Å². The van der Waals surface area contributed by atoms with E-state index < -0.39 is 57.3 Å². The number of aromatic nitrogens is 1. The molecular formula is C31H23F2N3O6S2. The van der Waals surface area contributed by atoms with E-state index in [-0.39, 0.29) is 18.8 Å². The molecule has 3 unspecified atom stereocenters. The minimum atomic E-state index is -0.950. The molecule has 0 radical (unpaired) electrons. The van der Waals surface area contributed by atoms with Crippen LogP contribution in [-0.4, -0.2) is 40.1 Å². The molecule has 3 aromatic carbocycles. The Morgan fingerprint density at radius 1 is 0.886 bits per heavy atom. The van der Waals surface area contributed by atoms with Gasteiger partial charge in [-0.1, -0.05) is 35.2 Å². The van der Waals surface area contributed by atoms with E-state index in [0.29, 0.717) is 26.7 Å². The highest BCUT2D eigenvalue weighted by atomic mass is 32.2. The maximum atomic E-state index is 13.9. The van der Waals surface area contributed by atoms with E-state index in [1.807, 2.05) is 0 Å². The number of thioether (sulfide) groups is 1. The number of thiazole rings is 1. The third kappa shape index (κ3) is 5.33. The van der Waals surface area contributed by atoms with Crippen molar-refractivity contribution in [2.75, 3.05) is 16.8 Å². The van der Waals surface area contributed by atoms with Gasteiger partial charge in [-0.3, -0.25) is 23.7 Å². The maximum Gasteiger partial charge on any atom is 0.338 e. The number of ether oxygens (including phenoxy) is 1. The first-order valence-electron chi connectivity index (χ1n) is 13.5. The lowest BCUT2D eigenvalue weighted by molar-refractivity contribution is -0.122. The molecule has 1 N–H and O–H groups in total. The van der Waals surface area contributed by atoms with Gasteiger partial charge in [0.25, 0.3) is 0 Å². The van der Waals surface area contributed by atoms with Crippen LogP contribution in [0, 0.1) is 17.6 Å². The van der Waals surface area contributed by atoms with Crippen LogP contribution in [0.3, 0.4) is 0 Å². The summed E-state index contributed by atoms with van der Waals surface area (Å²) in [6.45, 7) is 1.54. The Balaban J connectivity index is 1.33. The third-order valence-electron chi connectivity index (χ3n) is 7.34. The van der Waals surface area contributed by atoms with Gasteiger partial charge >= 0.3 is 10.8 Å². The first-order chi connectivity index (χ1) is 21.2. The molecule has 9 nitrogen and oxygen atoms in total. The molecule has 1 aromatic heterocycles. The summed E-state index contributed by atoms with van der Waals surface area (Å²) in [5, 5.41) is 2.12. The van der Waals surface area contributed by atoms with Crippen molar-refractivity contribution >= 4 is 58.2 Å². The summed E-state index contributed by atoms with van der Waals surface area (Å²) in [4.78, 5) is 66.8. The average Bonchev–Trinajstić information content (AvgIpc) is 3.45. The Morgan fingerprint density at radius 3 is 2.16 bits per heavy atom. The maximum absolute atomic E-state index is 13.9. The Kier molecular flexibility index (Phi) is 7.91. The second-order valence-electron chi connectivity index (χ2n) is 10.1. The largest absolute Gasteiger partial charge is 0.462 e. The molecule has 1 fully saturated rings. The summed E-state index contributed by atoms with van der Waals surface area (Å²) in [6.07, 6.45) is 0. The van der Waals surface area contributed by atoms with E-state index in [1.54, 1.807) is 6.92 Å². The van der Waals surface area contributed by atoms with Crippen molar-refractivity contribution < 1.29 is 32.7 Å². The van der Waals surface area contributed by atoms with Crippen LogP contribution in [0.4, 0.5) is 20.2 Å². The standard InChI is InChI=1S/C31H23F2N3O6S2/c1-2-42-30(40)17-5-11-20(12-6-17)34-22(37)15-35-29-26(44-31(35)41)23(16-3-7-18(32)8-4-16)24-25(43-29)28(39)36(27(24)38)21-13-9-19(33)10-14-21/h3-14,23-25H,2,15H2,1H3,(H,34,37). The summed E-state index contributed by atoms with van der Waals surface area (Å²) in [7, 11) is 0. The van der Waals surface area contributed by atoms with E-state index in [2.05, 4.69) is 5.32 Å². The number of rotatable bonds is 7. The highest BCUT2D eigenvalue weighted by molar-refractivity contribution is 8.00. The highest BCUT2D eigenvalue weighted by Crippen LogP contribution is 2.53. The number of carbonyl (C=O) groups excluding carboxylic acids is 4. The average molecular weight is 636 g/mol. The van der Waals surface area contributed by atoms with Gasteiger partial charge in [-0.25, -0.2) is 18.5 Å². The molecule has 13 heteroatoms. The summed E-state index contributed by atoms with van der Waals surface area (Å²) in [5.41, 5.74) is 1.45. The van der Waals surface area contributed by atoms with Gasteiger partial charge in [-0.15, -0.1) is 0 Å². The number of fused-ring (bicyclic) bond motifs is 2. The lowest BCUT2D eigenvalue weighted by Crippen LogP contribution is -2.33. The molecule has 0 aliphatic carbocycles. The zero-order chi connectivity index (χ0) is 31.1. The summed E-state index contributed by atoms with van der Waals surface area (Å²) in [6, 6.07) is 16.6. The van der Waals surface area contributed by atoms with E-state index in [1.165, 1.54) is 65.2 Å². The SMILES string of the molecule is CCOC(=O)c1ccc(NC(=O)Cn2c3c(sc2=O)C(c2ccc(F)cc2)C2C(=O)N(c4ccc(F)cc4)C(=O)C2S3)cc1. The zero-order valence-electron chi connectivity index (χ0n) is 23.0. The Labute approximate surface area is 257 Å². The van der Waals surface area contributed by atoms with Gasteiger partial charge in [-0.2, -0.15) is 0 Å². The smallest absolute Gasteiger partial charge is 0.338 e. The summed E-state index contributed by atoms with van der Waals surface area (Å²) >= 11 is 1.89. The van der Waals surface area contributed by atoms with Crippen LogP contribution < -0.4 is 15.1 Å². The van der Waals surface area contributed by atoms with Crippen molar-refractivity contribution in [2.24, 2.45) is 5.92 Å². The van der Waals surface area contributed by atoms with Gasteiger partial charge in [0.1, 0.15) is 23.4 Å². The number of esters is 1. The van der Waals surface area contributed by atoms with Crippen LogP contribution in [0.5, 0.6) is 0 Å². The van der Waals surface area contributed by atoms with Crippen molar-refractivity contribution in [3.8, 4) is 0 Å². The molecule has 0 spiro atoms. The number of amides is 3. The number of imide groups is 1. The lowest BCUT2D eigenvalue weighted by Gasteiger charge is -2.30. The molecule has 2 aliphatic rings. The predicted octanol–water partition coefficient (Wildman–Crippen LogP) is 4.80. The Morgan fingerprint density at radius 2 is 1.52 bits per heavy atom. The predicted molar refractivity (Wildman–Crippen MR) is 160 cm³/mol. The minimum absolute atomic E-state index is 0.211. The lowest BCUT2D eigenvalue weighted by atomic mass is 9.83. The number of hydrogen-bond donors (Lipinski definition) is 1. The highest BCUT2D eigenvalue weighted by Gasteiger charge is 2.56. The molecule has 0 saturated carbocycles. The number of nitrogens with one attached hydrogen (secondary N) is 1. The molecule has 3 atom stereocenters. The molecular weight excluding hydrogens is 612 g/mol. The summed E-state index contributed by atoms with van der Waals surface area (Å²) < 4.78 is 33.7. The van der Waals surface area contributed by atoms with Crippen LogP contribution in [0.15, 0.2) is 82.6 Å². The number of benzene rings is 3. The van der Waals surface area contributed by atoms with Crippen molar-refractivity contribution in [3.05, 3.63) is 110 Å². The fourth-order valence-electron chi connectivity index (χ4n) is 5.38. The van der Waals surface area contributed by atoms with E-state index in [0.717, 1.165) is 40.1 Å². The molecule has 44 heavy (non-hydrogen) atoms. The molecule has 3 amide bonds. The first kappa shape index (κ1) is 29.5. The molecule has 2 aliphatic heterocycles. The van der Waals surface area contributed by atoms with E-state index in [4.69, 9.17) is 4.74 Å². The van der Waals surface area contributed by atoms with Crippen molar-refractivity contribution in [1.82, 2.24) is 4.57 Å². The van der Waals surface area contributed by atoms with Crippen LogP contribution in [0.2, 0.25) is 0 Å². The van der Waals surface area contributed by atoms with Crippen molar-refractivity contribution in [1.29, 1.82) is 0 Å². The Bertz CT molecular complexity index is 1840. The monoisotopic (exact) mass is 635 g/mol. The fourth-order valence-corrected chi connectivity index (χ4v) is 8.15. The third-order valence-corrected chi connectivity index (χ3v) is 9.95. The van der Waals surface area contributed by atoms with Gasteiger partial charge in [0, 0.05) is 16.5 Å². The normalized spacial score (nSPS) is 19.0. The number of carbonyl (C=O) groups is 4. The van der Waals surface area contributed by atoms with Crippen LogP contribution in [0.25, 0.3) is 0 Å². The fraction of sp³-hybridized carbons (Fsp3) is 0.194. The van der Waals surface area contributed by atoms with Crippen LogP contribution >= 0.6 is 23.1 Å². The van der Waals surface area contributed by atoms with E-state index >= 15 is 0 Å². The van der Waals surface area contributed by atoms with Gasteiger partial charge in [-0.05, 0) is 73.2 Å². The second-order valence-corrected chi connectivity index (χ2v) is 12.2. The number of hydrogen-bond acceptors (Lipinski definition) is 8. The first-order valence-corrected chi connectivity index (χ1v) is 15.2. The van der Waals surface area contributed by atoms with Crippen molar-refractivity contribution in [2.45, 2.75) is 29.7 Å². The number of halogens is 2. The van der Waals surface area contributed by atoms with E-state index in [9.17, 15) is 32.8 Å². The summed E-state index contributed by atoms with van der Waals surface area (Å²) in [5.74, 6) is -4.78. The molecule has 0 bridgehead atoms. The molecule has 4 aromatic rings. The second kappa shape index (κ2) is 11.8. The molecule has 6 rings (SSSR count). The van der Waals surface area contributed by atoms with Crippen LogP contribution in [-0.2, 0) is 25.7 Å². The quantitative estimate of drug-likeness (QED) is 0.229. The minimum Gasteiger partial charge on any atom is -0.462 e. The molecule has 224 valence electrons. The van der Waals surface area contributed by atoms with Crippen LogP contribution in [0.1, 0.15) is 33.6 Å². The van der Waals surface area contributed by atoms with Gasteiger partial charge < -0.3 is 10.1 Å². The number of anilines is 2. The molecule has 3 heterocycles. The topological polar surface area (TPSA) is 115 Å². The van der Waals surface area contributed by atoms with Crippen molar-refractivity contribution in [3.63, 3.8) is 0 Å². The molecule has 1 saturated heterocycles. The zero-order valence-corrected chi connectivity index (χ0v) is 24.6. The Hall–Kier alpha value is -4.62. The number of nitrogens with zero attached hydrogens (tertiary/aromatic N) is 2. The van der Waals surface area contributed by atoms with Gasteiger partial charge in [0.05, 0.1) is 28.8 Å². The van der Waals surface area contributed by atoms with Gasteiger partial charge in [0.15, 0.2) is 0 Å².